The number of ether oxygens (including phenoxy) is 1. The first kappa shape index (κ1) is 19.4. The van der Waals surface area contributed by atoms with Gasteiger partial charge in [-0.15, -0.1) is 0 Å². The monoisotopic (exact) mass is 391 g/mol. The van der Waals surface area contributed by atoms with Gasteiger partial charge in [-0.3, -0.25) is 4.79 Å². The van der Waals surface area contributed by atoms with Crippen molar-refractivity contribution in [2.75, 3.05) is 5.32 Å². The minimum Gasteiger partial charge on any atom is -0.426 e. The number of hydrogen-bond donors (Lipinski definition) is 1. The van der Waals surface area contributed by atoms with Crippen molar-refractivity contribution in [1.82, 2.24) is 4.98 Å². The van der Waals surface area contributed by atoms with Crippen molar-refractivity contribution in [3.8, 4) is 11.8 Å². The predicted molar refractivity (Wildman–Crippen MR) is 108 cm³/mol. The summed E-state index contributed by atoms with van der Waals surface area (Å²) in [4.78, 5) is 16.2. The number of carbonyl (C=O) groups excluding carboxylic acids is 1. The van der Waals surface area contributed by atoms with Crippen molar-refractivity contribution in [1.29, 1.82) is 5.26 Å². The molecule has 0 aliphatic carbocycles. The number of esters is 1. The zero-order valence-corrected chi connectivity index (χ0v) is 16.0. The van der Waals surface area contributed by atoms with Crippen molar-refractivity contribution in [2.24, 2.45) is 0 Å². The molecule has 0 fully saturated rings. The van der Waals surface area contributed by atoms with Crippen LogP contribution < -0.4 is 10.1 Å². The quantitative estimate of drug-likeness (QED) is 0.466. The highest BCUT2D eigenvalue weighted by Crippen LogP contribution is 2.35. The number of hydrogen-bond acceptors (Lipinski definition) is 5. The molecule has 0 saturated carbocycles. The van der Waals surface area contributed by atoms with Crippen LogP contribution in [0, 0.1) is 11.3 Å². The van der Waals surface area contributed by atoms with Gasteiger partial charge < -0.3 is 10.1 Å². The summed E-state index contributed by atoms with van der Waals surface area (Å²) in [6.07, 6.45) is 1.95. The van der Waals surface area contributed by atoms with E-state index in [1.807, 2.05) is 30.3 Å². The lowest BCUT2D eigenvalue weighted by Gasteiger charge is -2.23. The Morgan fingerprint density at radius 2 is 2.00 bits per heavy atom. The Balaban J connectivity index is 2.09. The Kier molecular flexibility index (Phi) is 6.25. The van der Waals surface area contributed by atoms with Gasteiger partial charge >= 0.3 is 5.97 Å². The molecule has 0 saturated heterocycles. The first-order chi connectivity index (χ1) is 13.6. The van der Waals surface area contributed by atoms with Crippen molar-refractivity contribution in [3.05, 3.63) is 88.6 Å². The van der Waals surface area contributed by atoms with Crippen LogP contribution in [0.2, 0.25) is 5.02 Å². The van der Waals surface area contributed by atoms with Crippen molar-refractivity contribution < 1.29 is 9.53 Å². The third-order valence-corrected chi connectivity index (χ3v) is 4.36. The molecule has 1 heterocycles. The van der Waals surface area contributed by atoms with Crippen LogP contribution in [0.15, 0.2) is 66.9 Å². The molecule has 1 unspecified atom stereocenters. The van der Waals surface area contributed by atoms with E-state index in [0.29, 0.717) is 27.7 Å². The molecule has 0 aliphatic rings. The molecule has 140 valence electrons. The van der Waals surface area contributed by atoms with E-state index in [-0.39, 0.29) is 18.4 Å². The molecule has 3 rings (SSSR count). The summed E-state index contributed by atoms with van der Waals surface area (Å²) in [6.45, 7) is 1.74. The third-order valence-electron chi connectivity index (χ3n) is 4.13. The van der Waals surface area contributed by atoms with Gasteiger partial charge in [-0.05, 0) is 48.0 Å². The highest BCUT2D eigenvalue weighted by atomic mass is 35.5. The summed E-state index contributed by atoms with van der Waals surface area (Å²) in [5.74, 6) is 0.749. The maximum Gasteiger partial charge on any atom is 0.310 e. The Morgan fingerprint density at radius 3 is 2.64 bits per heavy atom. The van der Waals surface area contributed by atoms with E-state index in [1.54, 1.807) is 43.5 Å². The largest absolute Gasteiger partial charge is 0.426 e. The molecule has 0 spiro atoms. The minimum atomic E-state index is -0.388. The number of rotatable bonds is 6. The number of carbonyl (C=O) groups is 1. The number of nitrogens with zero attached hydrogens (tertiary/aromatic N) is 2. The summed E-state index contributed by atoms with van der Waals surface area (Å²) in [5, 5.41) is 13.0. The Morgan fingerprint density at radius 1 is 1.21 bits per heavy atom. The lowest BCUT2D eigenvalue weighted by Crippen LogP contribution is -2.16. The van der Waals surface area contributed by atoms with E-state index < -0.39 is 0 Å². The van der Waals surface area contributed by atoms with Crippen LogP contribution >= 0.6 is 11.6 Å². The van der Waals surface area contributed by atoms with Crippen molar-refractivity contribution >= 4 is 23.4 Å². The molecule has 2 aromatic carbocycles. The maximum atomic E-state index is 11.9. The van der Waals surface area contributed by atoms with Crippen LogP contribution in [-0.4, -0.2) is 11.0 Å². The van der Waals surface area contributed by atoms with E-state index in [4.69, 9.17) is 21.6 Å². The number of halogens is 1. The minimum absolute atomic E-state index is 0.261. The number of aromatic nitrogens is 1. The van der Waals surface area contributed by atoms with E-state index in [1.165, 1.54) is 0 Å². The molecular weight excluding hydrogens is 374 g/mol. The van der Waals surface area contributed by atoms with Gasteiger partial charge in [0.2, 0.25) is 0 Å². The normalized spacial score (nSPS) is 11.3. The third kappa shape index (κ3) is 4.67. The smallest absolute Gasteiger partial charge is 0.310 e. The lowest BCUT2D eigenvalue weighted by atomic mass is 9.96. The highest BCUT2D eigenvalue weighted by molar-refractivity contribution is 6.30. The van der Waals surface area contributed by atoms with Crippen LogP contribution in [0.5, 0.6) is 5.75 Å². The van der Waals surface area contributed by atoms with Crippen LogP contribution in [0.3, 0.4) is 0 Å². The average molecular weight is 392 g/mol. The average Bonchev–Trinajstić information content (AvgIpc) is 2.74. The number of nitrogens with one attached hydrogen (secondary N) is 1. The topological polar surface area (TPSA) is 75.0 Å². The molecule has 0 aliphatic heterocycles. The SMILES string of the molecule is CCC(=O)Oc1ccc(Cl)cc1C(Nc1ccccn1)c1ccc(C#N)cc1. The van der Waals surface area contributed by atoms with E-state index >= 15 is 0 Å². The molecule has 5 nitrogen and oxygen atoms in total. The molecule has 1 atom stereocenters. The van der Waals surface area contributed by atoms with Gasteiger partial charge in [-0.2, -0.15) is 5.26 Å². The first-order valence-corrected chi connectivity index (χ1v) is 9.16. The first-order valence-electron chi connectivity index (χ1n) is 8.78. The predicted octanol–water partition coefficient (Wildman–Crippen LogP) is 5.12. The van der Waals surface area contributed by atoms with Gasteiger partial charge in [0.1, 0.15) is 11.6 Å². The Hall–Kier alpha value is -3.36. The molecule has 28 heavy (non-hydrogen) atoms. The van der Waals surface area contributed by atoms with Crippen LogP contribution in [0.1, 0.15) is 36.1 Å². The van der Waals surface area contributed by atoms with Crippen molar-refractivity contribution in [2.45, 2.75) is 19.4 Å². The highest BCUT2D eigenvalue weighted by Gasteiger charge is 2.21. The molecule has 0 radical (unpaired) electrons. The van der Waals surface area contributed by atoms with E-state index in [9.17, 15) is 4.79 Å². The van der Waals surface area contributed by atoms with Crippen LogP contribution in [0.25, 0.3) is 0 Å². The zero-order chi connectivity index (χ0) is 19.9. The second-order valence-electron chi connectivity index (χ2n) is 6.04. The fraction of sp³-hybridized carbons (Fsp3) is 0.136. The molecule has 0 bridgehead atoms. The van der Waals surface area contributed by atoms with Crippen LogP contribution in [-0.2, 0) is 4.79 Å². The van der Waals surface area contributed by atoms with Gasteiger partial charge in [0.05, 0.1) is 17.7 Å². The van der Waals surface area contributed by atoms with Gasteiger partial charge in [-0.25, -0.2) is 4.98 Å². The second-order valence-corrected chi connectivity index (χ2v) is 6.47. The van der Waals surface area contributed by atoms with Gasteiger partial charge in [0.25, 0.3) is 0 Å². The Bertz CT molecular complexity index is 999. The standard InChI is InChI=1S/C22H18ClN3O2/c1-2-21(27)28-19-11-10-17(23)13-18(19)22(26-20-5-3-4-12-25-20)16-8-6-15(14-24)7-9-16/h3-13,22H,2H2,1H3,(H,25,26). The number of anilines is 1. The van der Waals surface area contributed by atoms with Crippen LogP contribution in [0.4, 0.5) is 5.82 Å². The summed E-state index contributed by atoms with van der Waals surface area (Å²) in [6, 6.07) is 19.6. The fourth-order valence-electron chi connectivity index (χ4n) is 2.72. The second kappa shape index (κ2) is 9.03. The molecule has 6 heteroatoms. The fourth-order valence-corrected chi connectivity index (χ4v) is 2.90. The maximum absolute atomic E-state index is 11.9. The lowest BCUT2D eigenvalue weighted by molar-refractivity contribution is -0.134. The summed E-state index contributed by atoms with van der Waals surface area (Å²) in [7, 11) is 0. The van der Waals surface area contributed by atoms with Gasteiger partial charge in [0.15, 0.2) is 0 Å². The molecule has 0 amide bonds. The van der Waals surface area contributed by atoms with Gasteiger partial charge in [-0.1, -0.05) is 36.7 Å². The van der Waals surface area contributed by atoms with E-state index in [0.717, 1.165) is 5.56 Å². The molecule has 3 aromatic rings. The van der Waals surface area contributed by atoms with Gasteiger partial charge in [0, 0.05) is 23.2 Å². The molecule has 1 aromatic heterocycles. The van der Waals surface area contributed by atoms with Crippen molar-refractivity contribution in [3.63, 3.8) is 0 Å². The zero-order valence-electron chi connectivity index (χ0n) is 15.2. The van der Waals surface area contributed by atoms with E-state index in [2.05, 4.69) is 16.4 Å². The number of pyridine rings is 1. The summed E-state index contributed by atoms with van der Waals surface area (Å²) < 4.78 is 5.52. The summed E-state index contributed by atoms with van der Waals surface area (Å²) in [5.41, 5.74) is 2.13. The summed E-state index contributed by atoms with van der Waals surface area (Å²) >= 11 is 6.24. The Labute approximate surface area is 168 Å². The number of nitriles is 1. The molecular formula is C22H18ClN3O2. The molecule has 1 N–H and O–H groups in total. The number of benzene rings is 2.